The number of anilines is 1. The number of rotatable bonds is 7. The summed E-state index contributed by atoms with van der Waals surface area (Å²) in [6, 6.07) is 39.2. The Labute approximate surface area is 264 Å². The van der Waals surface area contributed by atoms with Crippen molar-refractivity contribution in [1.82, 2.24) is 4.98 Å². The Morgan fingerprint density at radius 1 is 0.844 bits per heavy atom. The first-order valence-corrected chi connectivity index (χ1v) is 15.6. The molecule has 0 spiro atoms. The number of hydrogen-bond acceptors (Lipinski definition) is 6. The second kappa shape index (κ2) is 12.2. The molecule has 6 nitrogen and oxygen atoms in total. The van der Waals surface area contributed by atoms with Crippen molar-refractivity contribution in [2.45, 2.75) is 20.3 Å². The highest BCUT2D eigenvalue weighted by atomic mass is 32.1. The van der Waals surface area contributed by atoms with Gasteiger partial charge in [-0.3, -0.25) is 10.1 Å². The highest BCUT2D eigenvalue weighted by Gasteiger charge is 2.18. The van der Waals surface area contributed by atoms with E-state index in [1.807, 2.05) is 128 Å². The largest absolute Gasteiger partial charge is 0.457 e. The van der Waals surface area contributed by atoms with E-state index in [2.05, 4.69) is 12.2 Å². The predicted octanol–water partition coefficient (Wildman–Crippen LogP) is 9.86. The second-order valence-electron chi connectivity index (χ2n) is 10.7. The topological polar surface area (TPSA) is 76.7 Å². The molecule has 7 heteroatoms. The summed E-state index contributed by atoms with van der Waals surface area (Å²) in [6.07, 6.45) is 0.774. The first kappa shape index (κ1) is 28.3. The molecule has 1 N–H and O–H groups in total. The first-order chi connectivity index (χ1) is 22.0. The highest BCUT2D eigenvalue weighted by molar-refractivity contribution is 7.16. The molecule has 0 radical (unpaired) electrons. The molecule has 0 unspecified atom stereocenters. The Bertz CT molecular complexity index is 2240. The molecular formula is C38H29N3O3S. The number of amides is 1. The van der Waals surface area contributed by atoms with E-state index in [1.165, 1.54) is 11.3 Å². The minimum Gasteiger partial charge on any atom is -0.457 e. The third-order valence-electron chi connectivity index (χ3n) is 7.48. The van der Waals surface area contributed by atoms with E-state index in [4.69, 9.17) is 19.1 Å². The van der Waals surface area contributed by atoms with Crippen molar-refractivity contribution in [3.8, 4) is 22.8 Å². The van der Waals surface area contributed by atoms with Gasteiger partial charge in [-0.05, 0) is 90.3 Å². The third kappa shape index (κ3) is 5.98. The lowest BCUT2D eigenvalue weighted by Crippen LogP contribution is -2.21. The molecule has 1 amide bonds. The van der Waals surface area contributed by atoms with Gasteiger partial charge in [0, 0.05) is 15.8 Å². The van der Waals surface area contributed by atoms with E-state index in [9.17, 15) is 4.79 Å². The van der Waals surface area contributed by atoms with Gasteiger partial charge >= 0.3 is 0 Å². The summed E-state index contributed by atoms with van der Waals surface area (Å²) in [6.45, 7) is 4.09. The van der Waals surface area contributed by atoms with Crippen LogP contribution in [0.15, 0.2) is 131 Å². The molecule has 0 aliphatic carbocycles. The number of carbonyl (C=O) groups is 1. The van der Waals surface area contributed by atoms with Gasteiger partial charge in [0.15, 0.2) is 5.13 Å². The quantitative estimate of drug-likeness (QED) is 0.183. The van der Waals surface area contributed by atoms with Crippen LogP contribution in [0, 0.1) is 6.92 Å². The van der Waals surface area contributed by atoms with Crippen LogP contribution in [0.4, 0.5) is 10.8 Å². The Hall–Kier alpha value is -5.53. The minimum absolute atomic E-state index is 0.238. The Morgan fingerprint density at radius 2 is 1.62 bits per heavy atom. The molecule has 7 aromatic rings. The van der Waals surface area contributed by atoms with Gasteiger partial charge < -0.3 is 9.15 Å². The van der Waals surface area contributed by atoms with Gasteiger partial charge in [0.1, 0.15) is 22.6 Å². The fourth-order valence-corrected chi connectivity index (χ4v) is 6.20. The van der Waals surface area contributed by atoms with E-state index < -0.39 is 0 Å². The highest BCUT2D eigenvalue weighted by Crippen LogP contribution is 2.34. The normalized spacial score (nSPS) is 11.6. The molecular weight excluding hydrogens is 579 g/mol. The minimum atomic E-state index is -0.338. The summed E-state index contributed by atoms with van der Waals surface area (Å²) in [5.41, 5.74) is 4.78. The second-order valence-corrected chi connectivity index (χ2v) is 11.7. The lowest BCUT2D eigenvalue weighted by molar-refractivity contribution is 0.102. The summed E-state index contributed by atoms with van der Waals surface area (Å²) in [5.74, 6) is 1.18. The van der Waals surface area contributed by atoms with Crippen molar-refractivity contribution in [3.05, 3.63) is 143 Å². The molecule has 45 heavy (non-hydrogen) atoms. The van der Waals surface area contributed by atoms with Crippen LogP contribution < -0.4 is 15.6 Å². The summed E-state index contributed by atoms with van der Waals surface area (Å²) < 4.78 is 12.3. The predicted molar refractivity (Wildman–Crippen MR) is 182 cm³/mol. The number of nitrogens with zero attached hydrogens (tertiary/aromatic N) is 2. The van der Waals surface area contributed by atoms with E-state index >= 15 is 0 Å². The molecule has 0 saturated carbocycles. The number of para-hydroxylation sites is 1. The maximum Gasteiger partial charge on any atom is 0.262 e. The van der Waals surface area contributed by atoms with Gasteiger partial charge in [-0.25, -0.2) is 9.98 Å². The maximum absolute atomic E-state index is 14.0. The van der Waals surface area contributed by atoms with E-state index in [0.29, 0.717) is 22.0 Å². The van der Waals surface area contributed by atoms with Crippen molar-refractivity contribution in [1.29, 1.82) is 0 Å². The smallest absolute Gasteiger partial charge is 0.262 e. The molecule has 0 aliphatic rings. The molecule has 0 atom stereocenters. The van der Waals surface area contributed by atoms with E-state index in [1.54, 1.807) is 0 Å². The van der Waals surface area contributed by atoms with Crippen LogP contribution in [0.3, 0.4) is 0 Å². The van der Waals surface area contributed by atoms with Gasteiger partial charge in [-0.1, -0.05) is 67.6 Å². The summed E-state index contributed by atoms with van der Waals surface area (Å²) in [7, 11) is 0. The number of hydrogen-bond donors (Lipinski definition) is 1. The number of ether oxygens (including phenoxy) is 1. The fraction of sp³-hybridized carbons (Fsp3) is 0.0789. The molecule has 0 fully saturated rings. The van der Waals surface area contributed by atoms with Crippen LogP contribution >= 0.6 is 11.3 Å². The van der Waals surface area contributed by atoms with Crippen molar-refractivity contribution in [2.24, 2.45) is 4.99 Å². The first-order valence-electron chi connectivity index (χ1n) is 14.8. The van der Waals surface area contributed by atoms with Crippen LogP contribution in [0.1, 0.15) is 27.7 Å². The van der Waals surface area contributed by atoms with Gasteiger partial charge in [0.2, 0.25) is 5.55 Å². The van der Waals surface area contributed by atoms with Crippen LogP contribution in [0.5, 0.6) is 11.5 Å². The zero-order valence-corrected chi connectivity index (χ0v) is 25.6. The van der Waals surface area contributed by atoms with Crippen LogP contribution in [0.25, 0.3) is 33.0 Å². The van der Waals surface area contributed by atoms with Crippen LogP contribution in [-0.4, -0.2) is 10.9 Å². The number of aryl methyl sites for hydroxylation is 2. The standard InChI is InChI=1S/C38H29N3O3S/c1-3-34-35(26-16-19-29(20-17-26)43-28-13-5-4-6-14-28)40-38(45-34)41-36(42)32-23-31-30-15-8-7-11-25(30)18-21-33(31)44-37(32)39-27-12-9-10-24(2)22-27/h4-23H,3H2,1-2H3,(H,40,41,42). The molecule has 2 aromatic heterocycles. The monoisotopic (exact) mass is 607 g/mol. The molecule has 0 bridgehead atoms. The van der Waals surface area contributed by atoms with Crippen molar-refractivity contribution >= 4 is 49.8 Å². The molecule has 5 aromatic carbocycles. The lowest BCUT2D eigenvalue weighted by Gasteiger charge is -2.08. The Kier molecular flexibility index (Phi) is 7.68. The van der Waals surface area contributed by atoms with Crippen molar-refractivity contribution < 1.29 is 13.9 Å². The number of fused-ring (bicyclic) bond motifs is 3. The van der Waals surface area contributed by atoms with E-state index in [-0.39, 0.29) is 11.5 Å². The molecule has 0 aliphatic heterocycles. The zero-order chi connectivity index (χ0) is 30.8. The van der Waals surface area contributed by atoms with Gasteiger partial charge in [0.05, 0.1) is 11.4 Å². The van der Waals surface area contributed by atoms with Crippen molar-refractivity contribution in [3.63, 3.8) is 0 Å². The number of nitrogens with one attached hydrogen (secondary N) is 1. The van der Waals surface area contributed by atoms with Gasteiger partial charge in [0.25, 0.3) is 5.91 Å². The van der Waals surface area contributed by atoms with Crippen LogP contribution in [-0.2, 0) is 6.42 Å². The summed E-state index contributed by atoms with van der Waals surface area (Å²) >= 11 is 1.47. The summed E-state index contributed by atoms with van der Waals surface area (Å²) in [4.78, 5) is 24.6. The fourth-order valence-electron chi connectivity index (χ4n) is 5.28. The molecule has 2 heterocycles. The average molecular weight is 608 g/mol. The maximum atomic E-state index is 14.0. The number of carbonyl (C=O) groups excluding carboxylic acids is 1. The number of benzene rings is 5. The van der Waals surface area contributed by atoms with Crippen LogP contribution in [0.2, 0.25) is 0 Å². The van der Waals surface area contributed by atoms with Gasteiger partial charge in [-0.15, -0.1) is 11.3 Å². The zero-order valence-electron chi connectivity index (χ0n) is 24.8. The SMILES string of the molecule is CCc1sc(NC(=O)c2cc3c(ccc4ccccc43)oc2=Nc2cccc(C)c2)nc1-c1ccc(Oc2ccccc2)cc1. The molecule has 0 saturated heterocycles. The average Bonchev–Trinajstić information content (AvgIpc) is 3.48. The lowest BCUT2D eigenvalue weighted by atomic mass is 10.0. The Morgan fingerprint density at radius 3 is 2.42 bits per heavy atom. The molecule has 7 rings (SSSR count). The Balaban J connectivity index is 1.25. The number of aromatic nitrogens is 1. The molecule has 220 valence electrons. The van der Waals surface area contributed by atoms with E-state index in [0.717, 1.165) is 55.8 Å². The third-order valence-corrected chi connectivity index (χ3v) is 8.59. The number of thiazole rings is 1. The van der Waals surface area contributed by atoms with Crippen molar-refractivity contribution in [2.75, 3.05) is 5.32 Å². The van der Waals surface area contributed by atoms with Gasteiger partial charge in [-0.2, -0.15) is 0 Å². The summed E-state index contributed by atoms with van der Waals surface area (Å²) in [5, 5.41) is 6.45.